The summed E-state index contributed by atoms with van der Waals surface area (Å²) in [6.45, 7) is 0.141. The maximum absolute atomic E-state index is 13.7. The number of nitrogens with one attached hydrogen (secondary N) is 1. The molecule has 0 spiro atoms. The van der Waals surface area contributed by atoms with Gasteiger partial charge in [0.25, 0.3) is 15.9 Å². The summed E-state index contributed by atoms with van der Waals surface area (Å²) in [5.74, 6) is -0.292. The minimum Gasteiger partial charge on any atom is -0.349 e. The van der Waals surface area contributed by atoms with Crippen LogP contribution in [0.3, 0.4) is 0 Å². The van der Waals surface area contributed by atoms with E-state index in [-0.39, 0.29) is 34.0 Å². The lowest BCUT2D eigenvalue weighted by Gasteiger charge is -2.25. The lowest BCUT2D eigenvalue weighted by Crippen LogP contribution is -2.31. The molecule has 3 aromatic carbocycles. The molecule has 5 nitrogen and oxygen atoms in total. The molecule has 7 heteroatoms. The van der Waals surface area contributed by atoms with Gasteiger partial charge in [-0.1, -0.05) is 60.1 Å². The van der Waals surface area contributed by atoms with Crippen molar-refractivity contribution in [1.82, 2.24) is 5.32 Å². The number of hydrogen-bond acceptors (Lipinski definition) is 3. The molecule has 0 radical (unpaired) electrons. The van der Waals surface area contributed by atoms with Gasteiger partial charge in [-0.3, -0.25) is 9.10 Å². The van der Waals surface area contributed by atoms with E-state index < -0.39 is 10.0 Å². The topological polar surface area (TPSA) is 66.5 Å². The van der Waals surface area contributed by atoms with Crippen molar-refractivity contribution in [2.24, 2.45) is 0 Å². The first-order valence-electron chi connectivity index (χ1n) is 9.67. The van der Waals surface area contributed by atoms with Gasteiger partial charge in [0.05, 0.1) is 17.3 Å². The third-order valence-electron chi connectivity index (χ3n) is 4.89. The Morgan fingerprint density at radius 2 is 1.60 bits per heavy atom. The molecule has 1 saturated carbocycles. The van der Waals surface area contributed by atoms with Crippen molar-refractivity contribution in [2.45, 2.75) is 30.3 Å². The Labute approximate surface area is 181 Å². The monoisotopic (exact) mass is 440 g/mol. The SMILES string of the molecule is O=C(NC1CC1)c1ccc(Cl)c(S(=O)(=O)N(Cc2ccccc2)c2ccccc2)c1. The zero-order valence-corrected chi connectivity index (χ0v) is 17.7. The third-order valence-corrected chi connectivity index (χ3v) is 7.14. The number of sulfonamides is 1. The minimum absolute atomic E-state index is 0.0759. The van der Waals surface area contributed by atoms with E-state index in [9.17, 15) is 13.2 Å². The molecular formula is C23H21ClN2O3S. The maximum atomic E-state index is 13.7. The van der Waals surface area contributed by atoms with E-state index >= 15 is 0 Å². The van der Waals surface area contributed by atoms with Crippen LogP contribution >= 0.6 is 11.6 Å². The number of amides is 1. The summed E-state index contributed by atoms with van der Waals surface area (Å²) in [6, 6.07) is 22.7. The molecule has 0 unspecified atom stereocenters. The summed E-state index contributed by atoms with van der Waals surface area (Å²) in [7, 11) is -4.03. The Morgan fingerprint density at radius 1 is 0.967 bits per heavy atom. The van der Waals surface area contributed by atoms with Crippen LogP contribution in [0.4, 0.5) is 5.69 Å². The fourth-order valence-electron chi connectivity index (χ4n) is 3.12. The average Bonchev–Trinajstić information content (AvgIpc) is 3.57. The molecule has 0 saturated heterocycles. The van der Waals surface area contributed by atoms with Gasteiger partial charge >= 0.3 is 0 Å². The molecule has 1 aliphatic carbocycles. The lowest BCUT2D eigenvalue weighted by molar-refractivity contribution is 0.0951. The smallest absolute Gasteiger partial charge is 0.266 e. The molecule has 4 rings (SSSR count). The highest BCUT2D eigenvalue weighted by Crippen LogP contribution is 2.31. The fraction of sp³-hybridized carbons (Fsp3) is 0.174. The first kappa shape index (κ1) is 20.4. The summed E-state index contributed by atoms with van der Waals surface area (Å²) < 4.78 is 28.7. The fourth-order valence-corrected chi connectivity index (χ4v) is 5.07. The van der Waals surface area contributed by atoms with Crippen LogP contribution < -0.4 is 9.62 Å². The van der Waals surface area contributed by atoms with Crippen LogP contribution in [0.5, 0.6) is 0 Å². The molecule has 1 fully saturated rings. The van der Waals surface area contributed by atoms with Gasteiger partial charge in [0.2, 0.25) is 0 Å². The molecule has 0 atom stereocenters. The number of anilines is 1. The summed E-state index contributed by atoms with van der Waals surface area (Å²) in [6.07, 6.45) is 1.90. The number of benzene rings is 3. The normalized spacial score (nSPS) is 13.6. The number of nitrogens with zero attached hydrogens (tertiary/aromatic N) is 1. The van der Waals surface area contributed by atoms with Crippen molar-refractivity contribution in [3.8, 4) is 0 Å². The minimum atomic E-state index is -4.03. The number of rotatable bonds is 7. The van der Waals surface area contributed by atoms with Crippen LogP contribution in [-0.2, 0) is 16.6 Å². The highest BCUT2D eigenvalue weighted by atomic mass is 35.5. The second-order valence-electron chi connectivity index (χ2n) is 7.23. The van der Waals surface area contributed by atoms with Crippen molar-refractivity contribution in [2.75, 3.05) is 4.31 Å². The third kappa shape index (κ3) is 4.50. The summed E-state index contributed by atoms with van der Waals surface area (Å²) in [5, 5.41) is 2.95. The predicted molar refractivity (Wildman–Crippen MR) is 118 cm³/mol. The summed E-state index contributed by atoms with van der Waals surface area (Å²) in [5.41, 5.74) is 1.63. The predicted octanol–water partition coefficient (Wildman–Crippen LogP) is 4.63. The van der Waals surface area contributed by atoms with E-state index in [0.29, 0.717) is 5.69 Å². The number of para-hydroxylation sites is 1. The number of halogens is 1. The molecule has 154 valence electrons. The van der Waals surface area contributed by atoms with E-state index in [1.807, 2.05) is 36.4 Å². The molecule has 0 aliphatic heterocycles. The number of hydrogen-bond donors (Lipinski definition) is 1. The Bertz CT molecular complexity index is 1150. The van der Waals surface area contributed by atoms with Gasteiger partial charge < -0.3 is 5.32 Å². The van der Waals surface area contributed by atoms with Gasteiger partial charge in [0.15, 0.2) is 0 Å². The van der Waals surface area contributed by atoms with Crippen LogP contribution in [0.25, 0.3) is 0 Å². The van der Waals surface area contributed by atoms with E-state index in [0.717, 1.165) is 18.4 Å². The van der Waals surface area contributed by atoms with Crippen LogP contribution in [-0.4, -0.2) is 20.4 Å². The molecule has 30 heavy (non-hydrogen) atoms. The molecule has 1 amide bonds. The molecule has 1 aliphatic rings. The van der Waals surface area contributed by atoms with Crippen LogP contribution in [0, 0.1) is 0 Å². The van der Waals surface area contributed by atoms with E-state index in [1.54, 1.807) is 30.3 Å². The zero-order valence-electron chi connectivity index (χ0n) is 16.2. The molecule has 3 aromatic rings. The van der Waals surface area contributed by atoms with Crippen molar-refractivity contribution < 1.29 is 13.2 Å². The largest absolute Gasteiger partial charge is 0.349 e. The highest BCUT2D eigenvalue weighted by molar-refractivity contribution is 7.93. The van der Waals surface area contributed by atoms with Crippen LogP contribution in [0.15, 0.2) is 83.8 Å². The quantitative estimate of drug-likeness (QED) is 0.582. The Hall–Kier alpha value is -2.83. The van der Waals surface area contributed by atoms with Crippen LogP contribution in [0.1, 0.15) is 28.8 Å². The van der Waals surface area contributed by atoms with Crippen molar-refractivity contribution >= 4 is 33.2 Å². The number of carbonyl (C=O) groups is 1. The van der Waals surface area contributed by atoms with Crippen molar-refractivity contribution in [3.63, 3.8) is 0 Å². The first-order valence-corrected chi connectivity index (χ1v) is 11.5. The second-order valence-corrected chi connectivity index (χ2v) is 9.46. The zero-order chi connectivity index (χ0) is 21.1. The van der Waals surface area contributed by atoms with Gasteiger partial charge in [-0.25, -0.2) is 8.42 Å². The number of carbonyl (C=O) groups excluding carboxylic acids is 1. The summed E-state index contributed by atoms with van der Waals surface area (Å²) in [4.78, 5) is 12.4. The Balaban J connectivity index is 1.75. The summed E-state index contributed by atoms with van der Waals surface area (Å²) >= 11 is 6.30. The standard InChI is InChI=1S/C23H21ClN2O3S/c24-21-14-11-18(23(27)25-19-12-13-19)15-22(21)30(28,29)26(20-9-5-2-6-10-20)16-17-7-3-1-4-8-17/h1-11,14-15,19H,12-13,16H2,(H,25,27). The van der Waals surface area contributed by atoms with Gasteiger partial charge in [-0.05, 0) is 48.7 Å². The Morgan fingerprint density at radius 3 is 2.23 bits per heavy atom. The van der Waals surface area contributed by atoms with E-state index in [4.69, 9.17) is 11.6 Å². The Kier molecular flexibility index (Phi) is 5.79. The highest BCUT2D eigenvalue weighted by Gasteiger charge is 2.29. The van der Waals surface area contributed by atoms with Gasteiger partial charge in [0, 0.05) is 11.6 Å². The van der Waals surface area contributed by atoms with E-state index in [1.165, 1.54) is 16.4 Å². The second kappa shape index (κ2) is 8.50. The average molecular weight is 441 g/mol. The van der Waals surface area contributed by atoms with Gasteiger partial charge in [0.1, 0.15) is 4.90 Å². The van der Waals surface area contributed by atoms with Crippen LogP contribution in [0.2, 0.25) is 5.02 Å². The van der Waals surface area contributed by atoms with Gasteiger partial charge in [-0.15, -0.1) is 0 Å². The van der Waals surface area contributed by atoms with Crippen molar-refractivity contribution in [3.05, 3.63) is 95.0 Å². The molecule has 0 aromatic heterocycles. The molecular weight excluding hydrogens is 420 g/mol. The molecule has 0 heterocycles. The lowest BCUT2D eigenvalue weighted by atomic mass is 10.2. The molecule has 1 N–H and O–H groups in total. The van der Waals surface area contributed by atoms with E-state index in [2.05, 4.69) is 5.32 Å². The first-order chi connectivity index (χ1) is 14.4. The van der Waals surface area contributed by atoms with Gasteiger partial charge in [-0.2, -0.15) is 0 Å². The van der Waals surface area contributed by atoms with Crippen molar-refractivity contribution in [1.29, 1.82) is 0 Å². The molecule has 0 bridgehead atoms. The maximum Gasteiger partial charge on any atom is 0.266 e.